The topological polar surface area (TPSA) is 0 Å². The van der Waals surface area contributed by atoms with Crippen molar-refractivity contribution in [2.45, 2.75) is 19.3 Å². The van der Waals surface area contributed by atoms with Crippen molar-refractivity contribution in [2.24, 2.45) is 23.7 Å². The Morgan fingerprint density at radius 3 is 1.00 bits per heavy atom. The van der Waals surface area contributed by atoms with Gasteiger partial charge in [-0.15, -0.1) is 0 Å². The average molecular weight is 637 g/mol. The molecule has 0 heterocycles. The number of hydrogen-bond donors (Lipinski definition) is 0. The van der Waals surface area contributed by atoms with E-state index in [4.69, 9.17) is 0 Å². The van der Waals surface area contributed by atoms with Crippen LogP contribution in [0.4, 0.5) is 35.1 Å². The highest BCUT2D eigenvalue weighted by Gasteiger charge is 2.49. The lowest BCUT2D eigenvalue weighted by Crippen LogP contribution is -2.33. The normalized spacial score (nSPS) is 21.3. The molecule has 10 heteroatoms. The van der Waals surface area contributed by atoms with Crippen LogP contribution in [0.5, 0.6) is 0 Å². The van der Waals surface area contributed by atoms with Gasteiger partial charge in [0.25, 0.3) is 0 Å². The lowest BCUT2D eigenvalue weighted by atomic mass is 9.81. The standard InChI is InChI=1S/C33H26F8P2/c34-20-3-7-26(38)30(12-20)42(31-13-21(35)4-8-27(31)39)16-24-18-1-2-19(11-18)25(24)17-43(32-14-22(36)5-9-28(32)40)33-15-23(37)6-10-29(33)41/h3-10,12-15,18-19,24-25H,1-2,11,16-17H2/t18?,19?,24-,25-/m1/s1. The van der Waals surface area contributed by atoms with Crippen molar-refractivity contribution in [3.63, 3.8) is 0 Å². The van der Waals surface area contributed by atoms with Crippen LogP contribution in [0, 0.1) is 70.2 Å². The highest BCUT2D eigenvalue weighted by molar-refractivity contribution is 7.73. The molecule has 0 aromatic heterocycles. The van der Waals surface area contributed by atoms with Crippen LogP contribution < -0.4 is 21.2 Å². The fourth-order valence-electron chi connectivity index (χ4n) is 6.94. The molecule has 2 bridgehead atoms. The fourth-order valence-corrected chi connectivity index (χ4v) is 12.7. The van der Waals surface area contributed by atoms with Gasteiger partial charge in [-0.1, -0.05) is 0 Å². The summed E-state index contributed by atoms with van der Waals surface area (Å²) in [7, 11) is -3.84. The average Bonchev–Trinajstić information content (AvgIpc) is 3.58. The van der Waals surface area contributed by atoms with Gasteiger partial charge < -0.3 is 0 Å². The summed E-state index contributed by atoms with van der Waals surface area (Å²) in [5.74, 6) is -5.93. The van der Waals surface area contributed by atoms with Crippen molar-refractivity contribution < 1.29 is 35.1 Å². The summed E-state index contributed by atoms with van der Waals surface area (Å²) >= 11 is 0. The maximum absolute atomic E-state index is 15.2. The van der Waals surface area contributed by atoms with E-state index in [9.17, 15) is 17.6 Å². The van der Waals surface area contributed by atoms with Crippen LogP contribution in [0.1, 0.15) is 19.3 Å². The summed E-state index contributed by atoms with van der Waals surface area (Å²) in [6.45, 7) is 0. The predicted molar refractivity (Wildman–Crippen MR) is 155 cm³/mol. The zero-order valence-electron chi connectivity index (χ0n) is 22.7. The van der Waals surface area contributed by atoms with Crippen LogP contribution in [-0.2, 0) is 0 Å². The molecule has 2 aliphatic rings. The molecule has 43 heavy (non-hydrogen) atoms. The lowest BCUT2D eigenvalue weighted by Gasteiger charge is -2.36. The molecule has 0 aliphatic heterocycles. The molecule has 4 aromatic carbocycles. The Labute approximate surface area is 246 Å². The SMILES string of the molecule is Fc1ccc(F)c(P(C[C@@H]2C3CCC(C3)[C@H]2CP(c2cc(F)ccc2F)c2cc(F)ccc2F)c2cc(F)ccc2F)c1. The molecule has 0 nitrogen and oxygen atoms in total. The second kappa shape index (κ2) is 12.3. The van der Waals surface area contributed by atoms with Crippen molar-refractivity contribution in [2.75, 3.05) is 12.3 Å². The van der Waals surface area contributed by atoms with E-state index in [-0.39, 0.29) is 57.2 Å². The predicted octanol–water partition coefficient (Wildman–Crippen LogP) is 8.03. The van der Waals surface area contributed by atoms with Gasteiger partial charge in [-0.25, -0.2) is 35.1 Å². The summed E-state index contributed by atoms with van der Waals surface area (Å²) in [6.07, 6.45) is 2.86. The van der Waals surface area contributed by atoms with Gasteiger partial charge in [-0.2, -0.15) is 0 Å². The van der Waals surface area contributed by atoms with Gasteiger partial charge in [0, 0.05) is 21.2 Å². The Morgan fingerprint density at radius 2 is 0.721 bits per heavy atom. The molecule has 224 valence electrons. The molecule has 0 N–H and O–H groups in total. The Balaban J connectivity index is 1.43. The third-order valence-corrected chi connectivity index (χ3v) is 14.1. The smallest absolute Gasteiger partial charge is 0.131 e. The maximum atomic E-state index is 15.2. The van der Waals surface area contributed by atoms with Crippen LogP contribution in [-0.4, -0.2) is 12.3 Å². The Bertz CT molecular complexity index is 1440. The first-order valence-electron chi connectivity index (χ1n) is 13.9. The van der Waals surface area contributed by atoms with Gasteiger partial charge in [0.15, 0.2) is 0 Å². The summed E-state index contributed by atoms with van der Waals surface area (Å²) < 4.78 is 118. The highest BCUT2D eigenvalue weighted by atomic mass is 31.1. The zero-order chi connectivity index (χ0) is 30.4. The zero-order valence-corrected chi connectivity index (χ0v) is 24.5. The van der Waals surface area contributed by atoms with Crippen molar-refractivity contribution >= 4 is 37.1 Å². The summed E-state index contributed by atoms with van der Waals surface area (Å²) in [5.41, 5.74) is 0. The molecule has 2 unspecified atom stereocenters. The molecule has 4 aromatic rings. The van der Waals surface area contributed by atoms with E-state index < -0.39 is 62.4 Å². The largest absolute Gasteiger partial charge is 0.207 e. The lowest BCUT2D eigenvalue weighted by molar-refractivity contribution is 0.267. The Morgan fingerprint density at radius 1 is 0.442 bits per heavy atom. The molecule has 4 atom stereocenters. The van der Waals surface area contributed by atoms with Crippen LogP contribution >= 0.6 is 15.8 Å². The van der Waals surface area contributed by atoms with E-state index in [0.29, 0.717) is 0 Å². The number of benzene rings is 4. The first-order chi connectivity index (χ1) is 20.6. The maximum Gasteiger partial charge on any atom is 0.131 e. The molecule has 0 spiro atoms. The highest BCUT2D eigenvalue weighted by Crippen LogP contribution is 2.59. The monoisotopic (exact) mass is 636 g/mol. The van der Waals surface area contributed by atoms with Gasteiger partial charge >= 0.3 is 0 Å². The summed E-state index contributed by atoms with van der Waals surface area (Å²) in [6, 6.07) is 11.8. The minimum atomic E-state index is -1.92. The minimum Gasteiger partial charge on any atom is -0.207 e. The van der Waals surface area contributed by atoms with Gasteiger partial charge in [0.2, 0.25) is 0 Å². The molecule has 0 radical (unpaired) electrons. The molecule has 6 rings (SSSR count). The van der Waals surface area contributed by atoms with E-state index in [1.807, 2.05) is 0 Å². The molecule has 0 amide bonds. The third-order valence-electron chi connectivity index (χ3n) is 8.86. The van der Waals surface area contributed by atoms with E-state index in [1.54, 1.807) is 0 Å². The van der Waals surface area contributed by atoms with E-state index in [1.165, 1.54) is 0 Å². The number of halogens is 8. The van der Waals surface area contributed by atoms with E-state index in [2.05, 4.69) is 0 Å². The Kier molecular flexibility index (Phi) is 8.63. The van der Waals surface area contributed by atoms with Gasteiger partial charge in [-0.3, -0.25) is 0 Å². The quantitative estimate of drug-likeness (QED) is 0.136. The Hall–Kier alpha value is -2.82. The second-order valence-corrected chi connectivity index (χ2v) is 15.6. The van der Waals surface area contributed by atoms with E-state index >= 15 is 17.6 Å². The second-order valence-electron chi connectivity index (χ2n) is 11.3. The van der Waals surface area contributed by atoms with E-state index in [0.717, 1.165) is 92.1 Å². The molecule has 0 saturated heterocycles. The van der Waals surface area contributed by atoms with Crippen LogP contribution in [0.25, 0.3) is 0 Å². The first-order valence-corrected chi connectivity index (χ1v) is 17.0. The number of rotatable bonds is 8. The first kappa shape index (κ1) is 30.2. The van der Waals surface area contributed by atoms with Crippen molar-refractivity contribution in [1.82, 2.24) is 0 Å². The van der Waals surface area contributed by atoms with Crippen LogP contribution in [0.15, 0.2) is 72.8 Å². The minimum absolute atomic E-state index is 0.0457. The van der Waals surface area contributed by atoms with Gasteiger partial charge in [0.05, 0.1) is 0 Å². The van der Waals surface area contributed by atoms with Crippen molar-refractivity contribution in [1.29, 1.82) is 0 Å². The summed E-state index contributed by atoms with van der Waals surface area (Å²) in [5, 5.41) is -0.183. The molecule has 2 saturated carbocycles. The number of hydrogen-bond acceptors (Lipinski definition) is 0. The van der Waals surface area contributed by atoms with Crippen LogP contribution in [0.3, 0.4) is 0 Å². The molecule has 2 fully saturated rings. The van der Waals surface area contributed by atoms with Crippen molar-refractivity contribution in [3.05, 3.63) is 119 Å². The van der Waals surface area contributed by atoms with Gasteiger partial charge in [0.1, 0.15) is 46.5 Å². The van der Waals surface area contributed by atoms with Gasteiger partial charge in [-0.05, 0) is 144 Å². The molecule has 2 aliphatic carbocycles. The van der Waals surface area contributed by atoms with Crippen LogP contribution in [0.2, 0.25) is 0 Å². The molecular weight excluding hydrogens is 610 g/mol. The number of fused-ring (bicyclic) bond motifs is 2. The molecular formula is C33H26F8P2. The van der Waals surface area contributed by atoms with Crippen molar-refractivity contribution in [3.8, 4) is 0 Å². The third kappa shape index (κ3) is 6.11. The fraction of sp³-hybridized carbons (Fsp3) is 0.273. The summed E-state index contributed by atoms with van der Waals surface area (Å²) in [4.78, 5) is 0.